The van der Waals surface area contributed by atoms with Crippen molar-refractivity contribution >= 4 is 29.3 Å². The normalized spacial score (nSPS) is 10.9. The van der Waals surface area contributed by atoms with Gasteiger partial charge in [0.2, 0.25) is 11.1 Å². The molecule has 2 aromatic heterocycles. The number of nitrogens with two attached hydrogens (primary N) is 2. The summed E-state index contributed by atoms with van der Waals surface area (Å²) >= 11 is 1.01. The molecular formula is C16H17N7O3S. The molecule has 0 aliphatic heterocycles. The minimum atomic E-state index is -0.734. The molecule has 0 spiro atoms. The number of Topliss-reactive ketones (excluding diaryl/α,β-unsaturated/α-hetero) is 1. The van der Waals surface area contributed by atoms with Crippen molar-refractivity contribution in [3.8, 4) is 0 Å². The number of hydrogen-bond donors (Lipinski definition) is 3. The van der Waals surface area contributed by atoms with Gasteiger partial charge in [-0.2, -0.15) is 4.98 Å². The first-order chi connectivity index (χ1) is 12.9. The summed E-state index contributed by atoms with van der Waals surface area (Å²) in [5.74, 6) is -0.688. The molecule has 0 radical (unpaired) electrons. The zero-order valence-electron chi connectivity index (χ0n) is 14.4. The largest absolute Gasteiger partial charge is 0.384 e. The molecule has 0 aliphatic carbocycles. The molecule has 5 N–H and O–H groups in total. The quantitative estimate of drug-likeness (QED) is 0.390. The van der Waals surface area contributed by atoms with Gasteiger partial charge in [0, 0.05) is 7.05 Å². The fourth-order valence-corrected chi connectivity index (χ4v) is 3.17. The molecular weight excluding hydrogens is 370 g/mol. The third kappa shape index (κ3) is 3.77. The van der Waals surface area contributed by atoms with E-state index in [1.807, 2.05) is 30.3 Å². The van der Waals surface area contributed by atoms with Crippen LogP contribution in [0, 0.1) is 0 Å². The number of H-pyrrole nitrogens is 1. The van der Waals surface area contributed by atoms with Crippen LogP contribution in [0.5, 0.6) is 0 Å². The van der Waals surface area contributed by atoms with Gasteiger partial charge in [0.15, 0.2) is 5.78 Å². The van der Waals surface area contributed by atoms with Gasteiger partial charge < -0.3 is 11.5 Å². The highest BCUT2D eigenvalue weighted by molar-refractivity contribution is 7.99. The van der Waals surface area contributed by atoms with Crippen molar-refractivity contribution in [2.75, 3.05) is 17.2 Å². The summed E-state index contributed by atoms with van der Waals surface area (Å²) < 4.78 is 2.08. The molecule has 2 heterocycles. The first-order valence-electron chi connectivity index (χ1n) is 7.85. The molecule has 1 aromatic carbocycles. The minimum Gasteiger partial charge on any atom is -0.384 e. The maximum Gasteiger partial charge on any atom is 0.332 e. The molecule has 0 fully saturated rings. The minimum absolute atomic E-state index is 0.122. The highest BCUT2D eigenvalue weighted by atomic mass is 32.2. The van der Waals surface area contributed by atoms with Gasteiger partial charge in [0.25, 0.3) is 5.56 Å². The molecule has 11 heteroatoms. The van der Waals surface area contributed by atoms with E-state index in [0.29, 0.717) is 0 Å². The summed E-state index contributed by atoms with van der Waals surface area (Å²) in [6, 6.07) is 9.13. The summed E-state index contributed by atoms with van der Waals surface area (Å²) in [5, 5.41) is 6.54. The van der Waals surface area contributed by atoms with Crippen molar-refractivity contribution in [3.05, 3.63) is 62.3 Å². The topological polar surface area (TPSA) is 155 Å². The highest BCUT2D eigenvalue weighted by Gasteiger charge is 2.22. The van der Waals surface area contributed by atoms with Crippen molar-refractivity contribution in [2.24, 2.45) is 7.05 Å². The molecule has 0 saturated heterocycles. The Morgan fingerprint density at radius 1 is 1.22 bits per heavy atom. The number of aromatic amines is 1. The Morgan fingerprint density at radius 2 is 1.93 bits per heavy atom. The number of nitrogens with zero attached hydrogens (tertiary/aromatic N) is 4. The lowest BCUT2D eigenvalue weighted by Gasteiger charge is -2.14. The number of aromatic nitrogens is 5. The second kappa shape index (κ2) is 7.50. The van der Waals surface area contributed by atoms with Crippen molar-refractivity contribution < 1.29 is 4.79 Å². The number of hydrogen-bond acceptors (Lipinski definition) is 8. The molecule has 0 amide bonds. The van der Waals surface area contributed by atoms with E-state index in [9.17, 15) is 14.4 Å². The predicted octanol–water partition coefficient (Wildman–Crippen LogP) is -0.147. The summed E-state index contributed by atoms with van der Waals surface area (Å²) in [6.07, 6.45) is 0. The summed E-state index contributed by atoms with van der Waals surface area (Å²) in [7, 11) is 1.31. The van der Waals surface area contributed by atoms with Crippen LogP contribution in [0.1, 0.15) is 15.9 Å². The van der Waals surface area contributed by atoms with Crippen molar-refractivity contribution in [1.29, 1.82) is 0 Å². The number of carbonyl (C=O) groups excluding carboxylic acids is 1. The summed E-state index contributed by atoms with van der Waals surface area (Å²) in [6.45, 7) is 0.143. The van der Waals surface area contributed by atoms with Crippen LogP contribution in [-0.4, -0.2) is 35.9 Å². The van der Waals surface area contributed by atoms with Crippen molar-refractivity contribution in [3.63, 3.8) is 0 Å². The highest BCUT2D eigenvalue weighted by Crippen LogP contribution is 2.16. The lowest BCUT2D eigenvalue weighted by Crippen LogP contribution is -2.43. The molecule has 3 aromatic rings. The smallest absolute Gasteiger partial charge is 0.332 e. The summed E-state index contributed by atoms with van der Waals surface area (Å²) in [5.41, 5.74) is 10.7. The average Bonchev–Trinajstić information content (AvgIpc) is 3.08. The number of nitrogens with one attached hydrogen (secondary N) is 1. The van der Waals surface area contributed by atoms with Gasteiger partial charge in [0.1, 0.15) is 11.4 Å². The fraction of sp³-hybridized carbons (Fsp3) is 0.188. The van der Waals surface area contributed by atoms with Crippen LogP contribution in [0.4, 0.5) is 11.8 Å². The number of carbonyl (C=O) groups is 1. The SMILES string of the molecule is Cn1c(=O)c(C(=O)CSc2n[nH]c(N)n2)c(N)n(Cc2ccccc2)c1=O. The number of anilines is 2. The average molecular weight is 387 g/mol. The maximum atomic E-state index is 12.6. The lowest BCUT2D eigenvalue weighted by molar-refractivity contribution is 0.102. The Hall–Kier alpha value is -3.34. The van der Waals surface area contributed by atoms with Gasteiger partial charge in [-0.25, -0.2) is 9.89 Å². The van der Waals surface area contributed by atoms with E-state index in [1.54, 1.807) is 0 Å². The molecule has 0 atom stereocenters. The van der Waals surface area contributed by atoms with E-state index in [4.69, 9.17) is 11.5 Å². The number of thioether (sulfide) groups is 1. The third-order valence-corrected chi connectivity index (χ3v) is 4.71. The molecule has 140 valence electrons. The zero-order valence-corrected chi connectivity index (χ0v) is 15.2. The van der Waals surface area contributed by atoms with Gasteiger partial charge in [0.05, 0.1) is 12.3 Å². The van der Waals surface area contributed by atoms with Gasteiger partial charge in [-0.15, -0.1) is 5.10 Å². The standard InChI is InChI=1S/C16H17N7O3S/c1-22-13(25)11(10(24)8-27-15-19-14(18)20-21-15)12(17)23(16(22)26)7-9-5-3-2-4-6-9/h2-6H,7-8,17H2,1H3,(H3,18,19,20,21). The Labute approximate surface area is 157 Å². The van der Waals surface area contributed by atoms with E-state index in [1.165, 1.54) is 11.6 Å². The fourth-order valence-electron chi connectivity index (χ4n) is 2.49. The number of nitrogen functional groups attached to an aromatic ring is 2. The van der Waals surface area contributed by atoms with E-state index >= 15 is 0 Å². The molecule has 27 heavy (non-hydrogen) atoms. The van der Waals surface area contributed by atoms with Crippen molar-refractivity contribution in [1.82, 2.24) is 24.3 Å². The first kappa shape index (κ1) is 18.5. The second-order valence-corrected chi connectivity index (χ2v) is 6.64. The second-order valence-electron chi connectivity index (χ2n) is 5.69. The molecule has 0 unspecified atom stereocenters. The Bertz CT molecular complexity index is 1100. The van der Waals surface area contributed by atoms with E-state index in [2.05, 4.69) is 15.2 Å². The van der Waals surface area contributed by atoms with Crippen LogP contribution in [0.3, 0.4) is 0 Å². The number of benzene rings is 1. The van der Waals surface area contributed by atoms with Crippen LogP contribution in [0.15, 0.2) is 45.1 Å². The van der Waals surface area contributed by atoms with Crippen LogP contribution in [0.25, 0.3) is 0 Å². The molecule has 0 bridgehead atoms. The Kier molecular flexibility index (Phi) is 5.12. The van der Waals surface area contributed by atoms with Crippen LogP contribution >= 0.6 is 11.8 Å². The predicted molar refractivity (Wildman–Crippen MR) is 102 cm³/mol. The van der Waals surface area contributed by atoms with Crippen LogP contribution in [0.2, 0.25) is 0 Å². The number of rotatable bonds is 6. The first-order valence-corrected chi connectivity index (χ1v) is 8.84. The van der Waals surface area contributed by atoms with Crippen LogP contribution < -0.4 is 22.7 Å². The molecule has 10 nitrogen and oxygen atoms in total. The van der Waals surface area contributed by atoms with Gasteiger partial charge in [-0.05, 0) is 5.56 Å². The Balaban J connectivity index is 1.95. The van der Waals surface area contributed by atoms with Crippen molar-refractivity contribution in [2.45, 2.75) is 11.7 Å². The Morgan fingerprint density at radius 3 is 2.56 bits per heavy atom. The van der Waals surface area contributed by atoms with E-state index in [-0.39, 0.29) is 34.8 Å². The molecule has 0 aliphatic rings. The summed E-state index contributed by atoms with van der Waals surface area (Å²) in [4.78, 5) is 41.4. The third-order valence-electron chi connectivity index (χ3n) is 3.86. The van der Waals surface area contributed by atoms with Gasteiger partial charge in [-0.1, -0.05) is 42.1 Å². The van der Waals surface area contributed by atoms with Crippen LogP contribution in [-0.2, 0) is 13.6 Å². The van der Waals surface area contributed by atoms with E-state index < -0.39 is 17.0 Å². The van der Waals surface area contributed by atoms with E-state index in [0.717, 1.165) is 21.9 Å². The number of ketones is 1. The lowest BCUT2D eigenvalue weighted by atomic mass is 10.2. The molecule has 0 saturated carbocycles. The van der Waals surface area contributed by atoms with Gasteiger partial charge >= 0.3 is 5.69 Å². The maximum absolute atomic E-state index is 12.6. The zero-order chi connectivity index (χ0) is 19.6. The molecule has 3 rings (SSSR count). The van der Waals surface area contributed by atoms with Gasteiger partial charge in [-0.3, -0.25) is 18.7 Å². The monoisotopic (exact) mass is 387 g/mol.